The Morgan fingerprint density at radius 1 is 1.73 bits per heavy atom. The molecular formula is C7H14N2OS. The van der Waals surface area contributed by atoms with Crippen molar-refractivity contribution < 1.29 is 4.79 Å². The molecule has 4 heteroatoms. The van der Waals surface area contributed by atoms with Gasteiger partial charge in [-0.05, 0) is 12.2 Å². The Hall–Kier alpha value is -0.220. The van der Waals surface area contributed by atoms with Crippen molar-refractivity contribution in [1.82, 2.24) is 5.32 Å². The van der Waals surface area contributed by atoms with E-state index in [1.54, 1.807) is 0 Å². The predicted molar refractivity (Wildman–Crippen MR) is 47.5 cm³/mol. The zero-order valence-corrected chi connectivity index (χ0v) is 7.49. The molecule has 1 aliphatic heterocycles. The minimum Gasteiger partial charge on any atom is -0.352 e. The van der Waals surface area contributed by atoms with Crippen LogP contribution in [-0.2, 0) is 4.79 Å². The highest BCUT2D eigenvalue weighted by atomic mass is 32.2. The highest BCUT2D eigenvalue weighted by molar-refractivity contribution is 7.99. The van der Waals surface area contributed by atoms with Crippen LogP contribution in [0.2, 0.25) is 0 Å². The summed E-state index contributed by atoms with van der Waals surface area (Å²) in [4.78, 5) is 10.7. The summed E-state index contributed by atoms with van der Waals surface area (Å²) in [6, 6.07) is 0.339. The Morgan fingerprint density at radius 3 is 3.00 bits per heavy atom. The molecule has 64 valence electrons. The normalized spacial score (nSPS) is 31.5. The van der Waals surface area contributed by atoms with Gasteiger partial charge in [0, 0.05) is 24.8 Å². The molecule has 2 unspecified atom stereocenters. The number of rotatable bonds is 1. The van der Waals surface area contributed by atoms with Gasteiger partial charge in [0.2, 0.25) is 5.91 Å². The maximum absolute atomic E-state index is 10.7. The molecule has 0 radical (unpaired) electrons. The zero-order valence-electron chi connectivity index (χ0n) is 6.67. The molecule has 0 aliphatic carbocycles. The van der Waals surface area contributed by atoms with E-state index in [4.69, 9.17) is 5.73 Å². The number of amides is 1. The third kappa shape index (κ3) is 2.71. The van der Waals surface area contributed by atoms with Crippen LogP contribution in [0, 0.1) is 0 Å². The highest BCUT2D eigenvalue weighted by Gasteiger charge is 2.22. The van der Waals surface area contributed by atoms with Gasteiger partial charge in [0.05, 0.1) is 0 Å². The second kappa shape index (κ2) is 3.97. The van der Waals surface area contributed by atoms with Crippen LogP contribution in [0.15, 0.2) is 0 Å². The lowest BCUT2D eigenvalue weighted by Crippen LogP contribution is -2.50. The largest absolute Gasteiger partial charge is 0.352 e. The van der Waals surface area contributed by atoms with Crippen LogP contribution in [0.25, 0.3) is 0 Å². The SMILES string of the molecule is CC(=O)NC1CCSCC1N. The van der Waals surface area contributed by atoms with Crippen molar-refractivity contribution in [2.45, 2.75) is 25.4 Å². The summed E-state index contributed by atoms with van der Waals surface area (Å²) in [5, 5.41) is 2.85. The molecule has 1 fully saturated rings. The van der Waals surface area contributed by atoms with Gasteiger partial charge in [-0.3, -0.25) is 4.79 Å². The standard InChI is InChI=1S/C7H14N2OS/c1-5(10)9-7-2-3-11-4-6(7)8/h6-7H,2-4,8H2,1H3,(H,9,10). The number of hydrogen-bond acceptors (Lipinski definition) is 3. The number of carbonyl (C=O) groups is 1. The molecule has 0 spiro atoms. The van der Waals surface area contributed by atoms with Crippen molar-refractivity contribution in [2.75, 3.05) is 11.5 Å². The number of hydrogen-bond donors (Lipinski definition) is 2. The first-order valence-corrected chi connectivity index (χ1v) is 4.96. The Balaban J connectivity index is 2.35. The smallest absolute Gasteiger partial charge is 0.217 e. The van der Waals surface area contributed by atoms with Crippen LogP contribution in [-0.4, -0.2) is 29.5 Å². The maximum atomic E-state index is 10.7. The Labute approximate surface area is 71.1 Å². The third-order valence-electron chi connectivity index (χ3n) is 1.79. The van der Waals surface area contributed by atoms with Gasteiger partial charge in [-0.1, -0.05) is 0 Å². The van der Waals surface area contributed by atoms with E-state index in [1.165, 1.54) is 6.92 Å². The van der Waals surface area contributed by atoms with Gasteiger partial charge in [0.25, 0.3) is 0 Å². The lowest BCUT2D eigenvalue weighted by Gasteiger charge is -2.28. The number of nitrogens with two attached hydrogens (primary N) is 1. The van der Waals surface area contributed by atoms with Crippen molar-refractivity contribution in [2.24, 2.45) is 5.73 Å². The zero-order chi connectivity index (χ0) is 8.27. The fourth-order valence-electron chi connectivity index (χ4n) is 1.20. The summed E-state index contributed by atoms with van der Waals surface area (Å²) < 4.78 is 0. The average Bonchev–Trinajstić information content (AvgIpc) is 1.93. The van der Waals surface area contributed by atoms with Gasteiger partial charge in [-0.2, -0.15) is 11.8 Å². The lowest BCUT2D eigenvalue weighted by atomic mass is 10.1. The van der Waals surface area contributed by atoms with Crippen LogP contribution in [0.5, 0.6) is 0 Å². The van der Waals surface area contributed by atoms with E-state index in [0.717, 1.165) is 17.9 Å². The monoisotopic (exact) mass is 174 g/mol. The van der Waals surface area contributed by atoms with Gasteiger partial charge < -0.3 is 11.1 Å². The van der Waals surface area contributed by atoms with Crippen LogP contribution in [0.1, 0.15) is 13.3 Å². The van der Waals surface area contributed by atoms with Crippen molar-refractivity contribution >= 4 is 17.7 Å². The molecule has 3 nitrogen and oxygen atoms in total. The Bertz CT molecular complexity index is 151. The van der Waals surface area contributed by atoms with Crippen LogP contribution >= 0.6 is 11.8 Å². The molecule has 1 aliphatic rings. The van der Waals surface area contributed by atoms with Crippen LogP contribution in [0.4, 0.5) is 0 Å². The molecule has 2 atom stereocenters. The average molecular weight is 174 g/mol. The molecule has 0 aromatic rings. The maximum Gasteiger partial charge on any atom is 0.217 e. The van der Waals surface area contributed by atoms with Gasteiger partial charge in [-0.15, -0.1) is 0 Å². The van der Waals surface area contributed by atoms with E-state index in [9.17, 15) is 4.79 Å². The summed E-state index contributed by atoms with van der Waals surface area (Å²) in [5.74, 6) is 2.10. The molecule has 0 aromatic carbocycles. The summed E-state index contributed by atoms with van der Waals surface area (Å²) in [6.45, 7) is 1.54. The van der Waals surface area contributed by atoms with Gasteiger partial charge in [-0.25, -0.2) is 0 Å². The Morgan fingerprint density at radius 2 is 2.45 bits per heavy atom. The fourth-order valence-corrected chi connectivity index (χ4v) is 2.29. The highest BCUT2D eigenvalue weighted by Crippen LogP contribution is 2.15. The van der Waals surface area contributed by atoms with Gasteiger partial charge >= 0.3 is 0 Å². The first-order valence-electron chi connectivity index (χ1n) is 3.80. The lowest BCUT2D eigenvalue weighted by molar-refractivity contribution is -0.119. The topological polar surface area (TPSA) is 55.1 Å². The third-order valence-corrected chi connectivity index (χ3v) is 2.93. The molecule has 0 aromatic heterocycles. The van der Waals surface area contributed by atoms with E-state index < -0.39 is 0 Å². The number of thioether (sulfide) groups is 1. The minimum atomic E-state index is 0.0253. The van der Waals surface area contributed by atoms with Crippen molar-refractivity contribution in [3.63, 3.8) is 0 Å². The molecule has 1 saturated heterocycles. The molecular weight excluding hydrogens is 160 g/mol. The van der Waals surface area contributed by atoms with E-state index in [0.29, 0.717) is 0 Å². The van der Waals surface area contributed by atoms with Crippen LogP contribution in [0.3, 0.4) is 0 Å². The number of carbonyl (C=O) groups excluding carboxylic acids is 1. The second-order valence-electron chi connectivity index (χ2n) is 2.83. The van der Waals surface area contributed by atoms with E-state index in [1.807, 2.05) is 11.8 Å². The fraction of sp³-hybridized carbons (Fsp3) is 0.857. The molecule has 0 bridgehead atoms. The van der Waals surface area contributed by atoms with Crippen molar-refractivity contribution in [3.8, 4) is 0 Å². The quantitative estimate of drug-likeness (QED) is 0.586. The molecule has 11 heavy (non-hydrogen) atoms. The summed E-state index contributed by atoms with van der Waals surface area (Å²) in [7, 11) is 0. The molecule has 1 heterocycles. The first-order chi connectivity index (χ1) is 5.20. The predicted octanol–water partition coefficient (Wildman–Crippen LogP) is -0.0447. The minimum absolute atomic E-state index is 0.0253. The van der Waals surface area contributed by atoms with Crippen molar-refractivity contribution in [1.29, 1.82) is 0 Å². The van der Waals surface area contributed by atoms with Crippen molar-refractivity contribution in [3.05, 3.63) is 0 Å². The van der Waals surface area contributed by atoms with Crippen LogP contribution < -0.4 is 11.1 Å². The molecule has 1 amide bonds. The number of nitrogens with one attached hydrogen (secondary N) is 1. The van der Waals surface area contributed by atoms with E-state index >= 15 is 0 Å². The summed E-state index contributed by atoms with van der Waals surface area (Å²) in [6.07, 6.45) is 1.01. The first kappa shape index (κ1) is 8.87. The molecule has 1 rings (SSSR count). The molecule has 0 saturated carbocycles. The molecule has 3 N–H and O–H groups in total. The van der Waals surface area contributed by atoms with Gasteiger partial charge in [0.1, 0.15) is 0 Å². The summed E-state index contributed by atoms with van der Waals surface area (Å²) >= 11 is 1.86. The summed E-state index contributed by atoms with van der Waals surface area (Å²) in [5.41, 5.74) is 5.79. The van der Waals surface area contributed by atoms with E-state index in [2.05, 4.69) is 5.32 Å². The van der Waals surface area contributed by atoms with Gasteiger partial charge in [0.15, 0.2) is 0 Å². The second-order valence-corrected chi connectivity index (χ2v) is 3.98. The Kier molecular flexibility index (Phi) is 3.20. The van der Waals surface area contributed by atoms with E-state index in [-0.39, 0.29) is 18.0 Å².